The lowest BCUT2D eigenvalue weighted by Gasteiger charge is -2.07. The minimum Gasteiger partial charge on any atom is -0.356 e. The predicted octanol–water partition coefficient (Wildman–Crippen LogP) is 3.04. The number of aromatic nitrogens is 2. The van der Waals surface area contributed by atoms with E-state index in [1.54, 1.807) is 18.3 Å². The molecule has 0 aliphatic rings. The van der Waals surface area contributed by atoms with Crippen LogP contribution in [0.5, 0.6) is 0 Å². The third-order valence-electron chi connectivity index (χ3n) is 4.16. The predicted molar refractivity (Wildman–Crippen MR) is 99.8 cm³/mol. The first kappa shape index (κ1) is 17.4. The molecule has 3 aromatic rings. The van der Waals surface area contributed by atoms with Gasteiger partial charge in [0, 0.05) is 25.4 Å². The van der Waals surface area contributed by atoms with E-state index in [1.807, 2.05) is 41.2 Å². The molecule has 130 valence electrons. The van der Waals surface area contributed by atoms with Gasteiger partial charge in [-0.1, -0.05) is 24.3 Å². The number of hydrogen-bond acceptors (Lipinski definition) is 3. The maximum Gasteiger partial charge on any atom is 0.220 e. The smallest absolute Gasteiger partial charge is 0.220 e. The molecular weight excluding hydrogens is 324 g/mol. The molecule has 1 N–H and O–H groups in total. The molecule has 1 heterocycles. The average Bonchev–Trinajstić information content (AvgIpc) is 3.22. The highest BCUT2D eigenvalue weighted by Gasteiger charge is 2.03. The van der Waals surface area contributed by atoms with Gasteiger partial charge in [-0.2, -0.15) is 10.4 Å². The normalized spacial score (nSPS) is 10.3. The minimum atomic E-state index is 0.0440. The molecule has 5 nitrogen and oxygen atoms in total. The highest BCUT2D eigenvalue weighted by atomic mass is 16.1. The standard InChI is InChI=1S/C21H20N4O/c22-16-19-4-2-17(3-5-19)8-11-21(26)23-14-12-18-6-9-20(10-7-18)25-15-1-13-24-25/h1-7,9-10,13,15H,8,11-12,14H2,(H,23,26). The topological polar surface area (TPSA) is 70.7 Å². The number of nitrogens with zero attached hydrogens (tertiary/aromatic N) is 3. The van der Waals surface area contributed by atoms with Gasteiger partial charge in [-0.25, -0.2) is 4.68 Å². The van der Waals surface area contributed by atoms with Crippen molar-refractivity contribution in [3.63, 3.8) is 0 Å². The molecule has 0 saturated carbocycles. The summed E-state index contributed by atoms with van der Waals surface area (Å²) in [7, 11) is 0. The molecule has 2 aromatic carbocycles. The Bertz CT molecular complexity index is 875. The summed E-state index contributed by atoms with van der Waals surface area (Å²) in [6, 6.07) is 19.5. The molecular formula is C21H20N4O. The summed E-state index contributed by atoms with van der Waals surface area (Å²) < 4.78 is 1.81. The van der Waals surface area contributed by atoms with E-state index in [0.29, 0.717) is 24.9 Å². The van der Waals surface area contributed by atoms with E-state index < -0.39 is 0 Å². The maximum atomic E-state index is 12.0. The van der Waals surface area contributed by atoms with Gasteiger partial charge in [-0.3, -0.25) is 4.79 Å². The molecule has 0 radical (unpaired) electrons. The van der Waals surface area contributed by atoms with E-state index in [9.17, 15) is 4.79 Å². The van der Waals surface area contributed by atoms with Crippen molar-refractivity contribution in [1.29, 1.82) is 5.26 Å². The molecule has 0 aliphatic heterocycles. The van der Waals surface area contributed by atoms with Gasteiger partial charge in [0.05, 0.1) is 17.3 Å². The average molecular weight is 344 g/mol. The SMILES string of the molecule is N#Cc1ccc(CCC(=O)NCCc2ccc(-n3cccn3)cc2)cc1. The number of benzene rings is 2. The minimum absolute atomic E-state index is 0.0440. The molecule has 3 rings (SSSR count). The Balaban J connectivity index is 1.40. The van der Waals surface area contributed by atoms with Gasteiger partial charge in [-0.15, -0.1) is 0 Å². The molecule has 1 aromatic heterocycles. The number of nitriles is 1. The summed E-state index contributed by atoms with van der Waals surface area (Å²) in [6.07, 6.45) is 5.58. The monoisotopic (exact) mass is 344 g/mol. The molecule has 0 fully saturated rings. The third kappa shape index (κ3) is 4.81. The number of hydrogen-bond donors (Lipinski definition) is 1. The summed E-state index contributed by atoms with van der Waals surface area (Å²) in [6.45, 7) is 0.618. The number of aryl methyl sites for hydroxylation is 1. The van der Waals surface area contributed by atoms with Crippen LogP contribution in [-0.4, -0.2) is 22.2 Å². The van der Waals surface area contributed by atoms with Crippen LogP contribution in [0, 0.1) is 11.3 Å². The Kier molecular flexibility index (Phi) is 5.79. The molecule has 5 heteroatoms. The van der Waals surface area contributed by atoms with E-state index in [4.69, 9.17) is 5.26 Å². The first-order valence-electron chi connectivity index (χ1n) is 8.59. The highest BCUT2D eigenvalue weighted by molar-refractivity contribution is 5.76. The lowest BCUT2D eigenvalue weighted by molar-refractivity contribution is -0.121. The van der Waals surface area contributed by atoms with E-state index in [-0.39, 0.29) is 5.91 Å². The van der Waals surface area contributed by atoms with Crippen molar-refractivity contribution in [2.45, 2.75) is 19.3 Å². The van der Waals surface area contributed by atoms with Gasteiger partial charge in [0.25, 0.3) is 0 Å². The fraction of sp³-hybridized carbons (Fsp3) is 0.190. The fourth-order valence-electron chi connectivity index (χ4n) is 2.68. The van der Waals surface area contributed by atoms with Crippen molar-refractivity contribution in [3.05, 3.63) is 83.7 Å². The zero-order chi connectivity index (χ0) is 18.2. The molecule has 26 heavy (non-hydrogen) atoms. The van der Waals surface area contributed by atoms with Crippen LogP contribution in [0.1, 0.15) is 23.1 Å². The zero-order valence-electron chi connectivity index (χ0n) is 14.4. The van der Waals surface area contributed by atoms with Gasteiger partial charge in [0.1, 0.15) is 0 Å². The molecule has 1 amide bonds. The van der Waals surface area contributed by atoms with Crippen LogP contribution in [0.3, 0.4) is 0 Å². The van der Waals surface area contributed by atoms with E-state index in [0.717, 1.165) is 17.7 Å². The van der Waals surface area contributed by atoms with Crippen LogP contribution >= 0.6 is 0 Å². The van der Waals surface area contributed by atoms with Crippen LogP contribution in [0.4, 0.5) is 0 Å². The Labute approximate surface area is 152 Å². The maximum absolute atomic E-state index is 12.0. The first-order valence-corrected chi connectivity index (χ1v) is 8.59. The van der Waals surface area contributed by atoms with Crippen LogP contribution in [0.25, 0.3) is 5.69 Å². The molecule has 0 atom stereocenters. The summed E-state index contributed by atoms with van der Waals surface area (Å²) >= 11 is 0. The Morgan fingerprint density at radius 3 is 2.38 bits per heavy atom. The van der Waals surface area contributed by atoms with Crippen molar-refractivity contribution >= 4 is 5.91 Å². The lowest BCUT2D eigenvalue weighted by Crippen LogP contribution is -2.25. The summed E-state index contributed by atoms with van der Waals surface area (Å²) in [4.78, 5) is 12.0. The molecule has 0 saturated heterocycles. The van der Waals surface area contributed by atoms with Crippen molar-refractivity contribution in [3.8, 4) is 11.8 Å². The number of rotatable bonds is 7. The summed E-state index contributed by atoms with van der Waals surface area (Å²) in [5, 5.41) is 15.9. The van der Waals surface area contributed by atoms with Crippen LogP contribution in [0.2, 0.25) is 0 Å². The number of carbonyl (C=O) groups is 1. The van der Waals surface area contributed by atoms with Gasteiger partial charge in [-0.05, 0) is 54.3 Å². The number of amides is 1. The quantitative estimate of drug-likeness (QED) is 0.716. The fourth-order valence-corrected chi connectivity index (χ4v) is 2.68. The van der Waals surface area contributed by atoms with E-state index in [1.165, 1.54) is 5.56 Å². The Morgan fingerprint density at radius 2 is 1.73 bits per heavy atom. The third-order valence-corrected chi connectivity index (χ3v) is 4.16. The molecule has 0 aliphatic carbocycles. The van der Waals surface area contributed by atoms with Gasteiger partial charge < -0.3 is 5.32 Å². The van der Waals surface area contributed by atoms with E-state index >= 15 is 0 Å². The second-order valence-corrected chi connectivity index (χ2v) is 6.03. The van der Waals surface area contributed by atoms with Gasteiger partial charge in [0.2, 0.25) is 5.91 Å². The lowest BCUT2D eigenvalue weighted by atomic mass is 10.1. The van der Waals surface area contributed by atoms with Crippen molar-refractivity contribution in [1.82, 2.24) is 15.1 Å². The van der Waals surface area contributed by atoms with Crippen molar-refractivity contribution in [2.24, 2.45) is 0 Å². The first-order chi connectivity index (χ1) is 12.7. The number of nitrogens with one attached hydrogen (secondary N) is 1. The van der Waals surface area contributed by atoms with Crippen LogP contribution in [0.15, 0.2) is 67.0 Å². The van der Waals surface area contributed by atoms with E-state index in [2.05, 4.69) is 28.6 Å². The molecule has 0 bridgehead atoms. The van der Waals surface area contributed by atoms with Crippen molar-refractivity contribution in [2.75, 3.05) is 6.54 Å². The highest BCUT2D eigenvalue weighted by Crippen LogP contribution is 2.09. The zero-order valence-corrected chi connectivity index (χ0v) is 14.4. The molecule has 0 unspecified atom stereocenters. The summed E-state index contributed by atoms with van der Waals surface area (Å²) in [5.74, 6) is 0.0440. The largest absolute Gasteiger partial charge is 0.356 e. The number of carbonyl (C=O) groups excluding carboxylic acids is 1. The van der Waals surface area contributed by atoms with Gasteiger partial charge >= 0.3 is 0 Å². The van der Waals surface area contributed by atoms with Crippen molar-refractivity contribution < 1.29 is 4.79 Å². The van der Waals surface area contributed by atoms with Crippen LogP contribution < -0.4 is 5.32 Å². The summed E-state index contributed by atoms with van der Waals surface area (Å²) in [5.41, 5.74) is 3.89. The second kappa shape index (κ2) is 8.63. The molecule has 0 spiro atoms. The van der Waals surface area contributed by atoms with Gasteiger partial charge in [0.15, 0.2) is 0 Å². The Morgan fingerprint density at radius 1 is 1.04 bits per heavy atom. The van der Waals surface area contributed by atoms with Crippen LogP contribution in [-0.2, 0) is 17.6 Å². The second-order valence-electron chi connectivity index (χ2n) is 6.03. The Hall–Kier alpha value is -3.39.